The molecule has 4 heterocycles. The van der Waals surface area contributed by atoms with Crippen LogP contribution in [0.1, 0.15) is 52.4 Å². The fourth-order valence-electron chi connectivity index (χ4n) is 4.95. The maximum atomic E-state index is 12.6. The maximum absolute atomic E-state index is 12.6. The molecular weight excluding hydrogens is 658 g/mol. The highest BCUT2D eigenvalue weighted by atomic mass is 19.4. The van der Waals surface area contributed by atoms with Gasteiger partial charge < -0.3 is 19.3 Å². The Hall–Kier alpha value is -4.20. The van der Waals surface area contributed by atoms with Gasteiger partial charge in [0.05, 0.1) is 12.7 Å². The van der Waals surface area contributed by atoms with Gasteiger partial charge in [-0.25, -0.2) is 19.6 Å². The van der Waals surface area contributed by atoms with Crippen LogP contribution in [0.5, 0.6) is 0 Å². The molecule has 0 aliphatic carbocycles. The Morgan fingerprint density at radius 1 is 0.604 bits per heavy atom. The van der Waals surface area contributed by atoms with Crippen LogP contribution in [0.2, 0.25) is 0 Å². The van der Waals surface area contributed by atoms with E-state index in [-0.39, 0.29) is 61.1 Å². The number of nitrogens with zero attached hydrogens (tertiary/aromatic N) is 8. The number of aliphatic hydroxyl groups is 2. The highest BCUT2D eigenvalue weighted by Gasteiger charge is 2.49. The molecule has 0 fully saturated rings. The molecule has 48 heavy (non-hydrogen) atoms. The molecule has 268 valence electrons. The maximum Gasteiger partial charge on any atom is 0.416 e. The van der Waals surface area contributed by atoms with Gasteiger partial charge in [-0.15, -0.1) is 0 Å². The number of aromatic nitrogens is 8. The third-order valence-corrected chi connectivity index (χ3v) is 8.21. The van der Waals surface area contributed by atoms with Crippen LogP contribution in [0.4, 0.5) is 26.3 Å². The van der Waals surface area contributed by atoms with Gasteiger partial charge in [-0.1, -0.05) is 0 Å². The number of alkyl halides is 6. The summed E-state index contributed by atoms with van der Waals surface area (Å²) in [4.78, 5) is 57.2. The molecule has 0 aromatic carbocycles. The van der Waals surface area contributed by atoms with Crippen LogP contribution in [0.15, 0.2) is 31.8 Å². The van der Waals surface area contributed by atoms with Crippen molar-refractivity contribution in [1.29, 1.82) is 0 Å². The summed E-state index contributed by atoms with van der Waals surface area (Å²) in [5.74, 6) is 0. The summed E-state index contributed by atoms with van der Waals surface area (Å²) in [7, 11) is 6.18. The van der Waals surface area contributed by atoms with Gasteiger partial charge in [-0.2, -0.15) is 26.3 Å². The SMILES string of the molecule is Cn1cnc2c1c(=O)n(CCCCC(C)(O)C(F)(F)F)c(=O)n2C.Cn1cnc2c1c(=O)n(CCCCC(C)(O)C(F)(F)F)c(=O)n2C. The Morgan fingerprint density at radius 2 is 0.917 bits per heavy atom. The lowest BCUT2D eigenvalue weighted by atomic mass is 9.98. The van der Waals surface area contributed by atoms with Crippen LogP contribution in [0.25, 0.3) is 22.3 Å². The number of halogens is 6. The third-order valence-electron chi connectivity index (χ3n) is 8.21. The van der Waals surface area contributed by atoms with Gasteiger partial charge in [0.15, 0.2) is 33.5 Å². The summed E-state index contributed by atoms with van der Waals surface area (Å²) < 4.78 is 82.9. The predicted octanol–water partition coefficient (Wildman–Crippen LogP) is 1.83. The van der Waals surface area contributed by atoms with Gasteiger partial charge in [-0.3, -0.25) is 27.9 Å². The lowest BCUT2D eigenvalue weighted by Crippen LogP contribution is -2.42. The minimum Gasteiger partial charge on any atom is -0.381 e. The smallest absolute Gasteiger partial charge is 0.381 e. The topological polar surface area (TPSA) is 164 Å². The number of imidazole rings is 2. The third kappa shape index (κ3) is 7.58. The molecule has 2 N–H and O–H groups in total. The number of aryl methyl sites for hydroxylation is 4. The van der Waals surface area contributed by atoms with Crippen molar-refractivity contribution in [2.24, 2.45) is 28.2 Å². The van der Waals surface area contributed by atoms with Crippen molar-refractivity contribution in [3.05, 3.63) is 54.3 Å². The molecule has 2 atom stereocenters. The first-order valence-corrected chi connectivity index (χ1v) is 14.7. The van der Waals surface area contributed by atoms with E-state index in [0.29, 0.717) is 13.8 Å². The van der Waals surface area contributed by atoms with Gasteiger partial charge in [0, 0.05) is 41.3 Å². The number of fused-ring (bicyclic) bond motifs is 2. The van der Waals surface area contributed by atoms with Crippen molar-refractivity contribution in [3.8, 4) is 0 Å². The second-order valence-corrected chi connectivity index (χ2v) is 12.1. The average molecular weight is 697 g/mol. The van der Waals surface area contributed by atoms with Crippen LogP contribution < -0.4 is 22.5 Å². The van der Waals surface area contributed by atoms with Crippen molar-refractivity contribution in [1.82, 2.24) is 37.4 Å². The van der Waals surface area contributed by atoms with Crippen LogP contribution in [-0.2, 0) is 41.3 Å². The van der Waals surface area contributed by atoms with E-state index < -0.39 is 58.9 Å². The molecule has 0 spiro atoms. The Labute approximate surface area is 268 Å². The molecule has 20 heteroatoms. The number of hydrogen-bond acceptors (Lipinski definition) is 8. The van der Waals surface area contributed by atoms with Crippen molar-refractivity contribution >= 4 is 22.3 Å². The molecule has 0 saturated carbocycles. The highest BCUT2D eigenvalue weighted by molar-refractivity contribution is 5.70. The van der Waals surface area contributed by atoms with Gasteiger partial charge in [0.2, 0.25) is 0 Å². The van der Waals surface area contributed by atoms with Gasteiger partial charge in [0.1, 0.15) is 0 Å². The lowest BCUT2D eigenvalue weighted by Gasteiger charge is -2.26. The van der Waals surface area contributed by atoms with Gasteiger partial charge >= 0.3 is 23.7 Å². The first kappa shape index (κ1) is 38.2. The van der Waals surface area contributed by atoms with Crippen molar-refractivity contribution < 1.29 is 36.6 Å². The van der Waals surface area contributed by atoms with Crippen LogP contribution in [-0.4, -0.2) is 71.1 Å². The summed E-state index contributed by atoms with van der Waals surface area (Å²) in [6.07, 6.45) is -7.25. The Kier molecular flexibility index (Phi) is 10.9. The standard InChI is InChI=1S/2C14H19F3N4O3/c2*1-13(24,14(15,16)17)6-4-5-7-21-11(22)9-10(18-8-19(9)2)20(3)12(21)23/h2*8,24H,4-7H2,1-3H3. The summed E-state index contributed by atoms with van der Waals surface area (Å²) >= 11 is 0. The summed E-state index contributed by atoms with van der Waals surface area (Å²) in [6.45, 7) is 1.36. The van der Waals surface area contributed by atoms with Crippen molar-refractivity contribution in [2.75, 3.05) is 0 Å². The second kappa shape index (κ2) is 13.7. The quantitative estimate of drug-likeness (QED) is 0.187. The predicted molar refractivity (Wildman–Crippen MR) is 161 cm³/mol. The van der Waals surface area contributed by atoms with E-state index in [1.165, 1.54) is 45.0 Å². The lowest BCUT2D eigenvalue weighted by molar-refractivity contribution is -0.255. The summed E-state index contributed by atoms with van der Waals surface area (Å²) in [6, 6.07) is 0. The van der Waals surface area contributed by atoms with E-state index in [1.807, 2.05) is 0 Å². The number of rotatable bonds is 10. The molecule has 0 aliphatic heterocycles. The van der Waals surface area contributed by atoms with E-state index in [2.05, 4.69) is 9.97 Å². The molecule has 0 amide bonds. The molecule has 4 aromatic rings. The average Bonchev–Trinajstić information content (AvgIpc) is 3.56. The van der Waals surface area contributed by atoms with E-state index >= 15 is 0 Å². The first-order valence-electron chi connectivity index (χ1n) is 14.7. The number of hydrogen-bond donors (Lipinski definition) is 2. The number of unbranched alkanes of at least 4 members (excludes halogenated alkanes) is 2. The van der Waals surface area contributed by atoms with Crippen molar-refractivity contribution in [3.63, 3.8) is 0 Å². The molecule has 0 radical (unpaired) electrons. The molecule has 14 nitrogen and oxygen atoms in total. The first-order chi connectivity index (χ1) is 21.9. The molecule has 4 aromatic heterocycles. The fraction of sp³-hybridized carbons (Fsp3) is 0.643. The van der Waals surface area contributed by atoms with E-state index in [4.69, 9.17) is 0 Å². The van der Waals surface area contributed by atoms with Crippen LogP contribution >= 0.6 is 0 Å². The van der Waals surface area contributed by atoms with E-state index in [0.717, 1.165) is 9.13 Å². The molecule has 2 unspecified atom stereocenters. The fourth-order valence-corrected chi connectivity index (χ4v) is 4.95. The Balaban J connectivity index is 0.000000260. The zero-order valence-corrected chi connectivity index (χ0v) is 27.2. The summed E-state index contributed by atoms with van der Waals surface area (Å²) in [5, 5.41) is 18.8. The molecule has 0 bridgehead atoms. The van der Waals surface area contributed by atoms with E-state index in [1.54, 1.807) is 14.1 Å². The van der Waals surface area contributed by atoms with E-state index in [9.17, 15) is 55.7 Å². The van der Waals surface area contributed by atoms with Crippen molar-refractivity contribution in [2.45, 2.75) is 89.0 Å². The molecule has 0 aliphatic rings. The summed E-state index contributed by atoms with van der Waals surface area (Å²) in [5.41, 5.74) is -6.77. The molecule has 4 rings (SSSR count). The largest absolute Gasteiger partial charge is 0.416 e. The van der Waals surface area contributed by atoms with Crippen LogP contribution in [0, 0.1) is 0 Å². The van der Waals surface area contributed by atoms with Crippen LogP contribution in [0.3, 0.4) is 0 Å². The van der Waals surface area contributed by atoms with Gasteiger partial charge in [-0.05, 0) is 52.4 Å². The molecular formula is C28H38F6N8O6. The minimum absolute atomic E-state index is 0.0194. The Morgan fingerprint density at radius 3 is 1.21 bits per heavy atom. The zero-order valence-electron chi connectivity index (χ0n) is 27.2. The monoisotopic (exact) mass is 696 g/mol. The minimum atomic E-state index is -4.71. The normalized spacial score (nSPS) is 15.0. The zero-order chi connectivity index (χ0) is 36.6. The Bertz CT molecular complexity index is 1870. The van der Waals surface area contributed by atoms with Gasteiger partial charge in [0.25, 0.3) is 11.1 Å². The highest BCUT2D eigenvalue weighted by Crippen LogP contribution is 2.34. The molecule has 0 saturated heterocycles. The second-order valence-electron chi connectivity index (χ2n) is 12.1.